The molecule has 1 aromatic heterocycles. The van der Waals surface area contributed by atoms with Crippen LogP contribution in [0.25, 0.3) is 0 Å². The van der Waals surface area contributed by atoms with E-state index < -0.39 is 12.6 Å². The molecule has 0 fully saturated rings. The first-order valence-corrected chi connectivity index (χ1v) is 6.16. The molecule has 0 aliphatic carbocycles. The standard InChI is InChI=1S/C12H20F3N3/c1-10(2)11(9-18-8-4-7-17-18)16-6-3-5-12(13,14)15/h4,7-8,10-11,16H,3,5-6,9H2,1-2H3. The molecule has 1 N–H and O–H groups in total. The smallest absolute Gasteiger partial charge is 0.312 e. The van der Waals surface area contributed by atoms with Crippen molar-refractivity contribution in [2.45, 2.75) is 45.5 Å². The van der Waals surface area contributed by atoms with Crippen LogP contribution in [-0.4, -0.2) is 28.5 Å². The first kappa shape index (κ1) is 15.0. The summed E-state index contributed by atoms with van der Waals surface area (Å²) < 4.78 is 37.8. The highest BCUT2D eigenvalue weighted by atomic mass is 19.4. The van der Waals surface area contributed by atoms with Crippen LogP contribution < -0.4 is 5.32 Å². The first-order chi connectivity index (χ1) is 8.38. The van der Waals surface area contributed by atoms with E-state index >= 15 is 0 Å². The molecule has 18 heavy (non-hydrogen) atoms. The highest BCUT2D eigenvalue weighted by Gasteiger charge is 2.26. The van der Waals surface area contributed by atoms with Gasteiger partial charge in [0, 0.05) is 24.9 Å². The molecule has 0 aromatic carbocycles. The summed E-state index contributed by atoms with van der Waals surface area (Å²) in [6, 6.07) is 1.97. The lowest BCUT2D eigenvalue weighted by Crippen LogP contribution is -2.38. The van der Waals surface area contributed by atoms with Crippen LogP contribution in [0.5, 0.6) is 0 Å². The molecule has 104 valence electrons. The second-order valence-corrected chi connectivity index (χ2v) is 4.75. The van der Waals surface area contributed by atoms with Crippen LogP contribution in [0.2, 0.25) is 0 Å². The maximum absolute atomic E-state index is 12.0. The minimum absolute atomic E-state index is 0.117. The minimum Gasteiger partial charge on any atom is -0.312 e. The van der Waals surface area contributed by atoms with E-state index in [-0.39, 0.29) is 12.5 Å². The Kier molecular flexibility index (Phi) is 5.65. The number of alkyl halides is 3. The summed E-state index contributed by atoms with van der Waals surface area (Å²) in [4.78, 5) is 0. The van der Waals surface area contributed by atoms with Crippen LogP contribution in [0.3, 0.4) is 0 Å². The van der Waals surface area contributed by atoms with Gasteiger partial charge in [0.05, 0.1) is 6.54 Å². The van der Waals surface area contributed by atoms with Gasteiger partial charge in [-0.05, 0) is 24.9 Å². The lowest BCUT2D eigenvalue weighted by molar-refractivity contribution is -0.135. The number of aromatic nitrogens is 2. The molecule has 1 heterocycles. The van der Waals surface area contributed by atoms with Crippen molar-refractivity contribution in [1.82, 2.24) is 15.1 Å². The van der Waals surface area contributed by atoms with Crippen molar-refractivity contribution >= 4 is 0 Å². The van der Waals surface area contributed by atoms with Crippen molar-refractivity contribution in [2.24, 2.45) is 5.92 Å². The van der Waals surface area contributed by atoms with Gasteiger partial charge < -0.3 is 5.32 Å². The van der Waals surface area contributed by atoms with Gasteiger partial charge in [0.2, 0.25) is 0 Å². The van der Waals surface area contributed by atoms with Crippen LogP contribution in [0.4, 0.5) is 13.2 Å². The van der Waals surface area contributed by atoms with Crippen molar-refractivity contribution in [2.75, 3.05) is 6.54 Å². The molecule has 3 nitrogen and oxygen atoms in total. The fraction of sp³-hybridized carbons (Fsp3) is 0.750. The lowest BCUT2D eigenvalue weighted by atomic mass is 10.0. The number of hydrogen-bond acceptors (Lipinski definition) is 2. The Bertz CT molecular complexity index is 320. The topological polar surface area (TPSA) is 29.9 Å². The third kappa shape index (κ3) is 6.05. The van der Waals surface area contributed by atoms with E-state index in [4.69, 9.17) is 0 Å². The summed E-state index contributed by atoms with van der Waals surface area (Å²) in [7, 11) is 0. The molecule has 1 atom stereocenters. The monoisotopic (exact) mass is 263 g/mol. The fourth-order valence-corrected chi connectivity index (χ4v) is 1.70. The summed E-state index contributed by atoms with van der Waals surface area (Å²) >= 11 is 0. The molecule has 0 amide bonds. The van der Waals surface area contributed by atoms with Crippen molar-refractivity contribution in [3.05, 3.63) is 18.5 Å². The van der Waals surface area contributed by atoms with Crippen LogP contribution >= 0.6 is 0 Å². The summed E-state index contributed by atoms with van der Waals surface area (Å²) in [5, 5.41) is 7.27. The molecule has 0 aliphatic heterocycles. The van der Waals surface area contributed by atoms with Crippen molar-refractivity contribution in [3.8, 4) is 0 Å². The normalized spacial score (nSPS) is 14.1. The predicted molar refractivity (Wildman–Crippen MR) is 64.1 cm³/mol. The average Bonchev–Trinajstić information content (AvgIpc) is 2.73. The number of nitrogens with one attached hydrogen (secondary N) is 1. The average molecular weight is 263 g/mol. The molecule has 0 radical (unpaired) electrons. The number of halogens is 3. The number of nitrogens with zero attached hydrogens (tertiary/aromatic N) is 2. The molecule has 0 aliphatic rings. The summed E-state index contributed by atoms with van der Waals surface area (Å²) in [6.45, 7) is 5.15. The van der Waals surface area contributed by atoms with Crippen LogP contribution in [-0.2, 0) is 6.54 Å². The second kappa shape index (κ2) is 6.78. The van der Waals surface area contributed by atoms with Gasteiger partial charge in [-0.15, -0.1) is 0 Å². The Hall–Kier alpha value is -1.04. The van der Waals surface area contributed by atoms with Crippen molar-refractivity contribution in [1.29, 1.82) is 0 Å². The van der Waals surface area contributed by atoms with Crippen LogP contribution in [0, 0.1) is 5.92 Å². The molecule has 0 saturated carbocycles. The Morgan fingerprint density at radius 2 is 2.06 bits per heavy atom. The molecule has 0 saturated heterocycles. The maximum Gasteiger partial charge on any atom is 0.389 e. The fourth-order valence-electron chi connectivity index (χ4n) is 1.70. The summed E-state index contributed by atoms with van der Waals surface area (Å²) in [5.74, 6) is 0.347. The Morgan fingerprint density at radius 1 is 1.33 bits per heavy atom. The van der Waals surface area contributed by atoms with Gasteiger partial charge in [-0.3, -0.25) is 4.68 Å². The van der Waals surface area contributed by atoms with Crippen molar-refractivity contribution in [3.63, 3.8) is 0 Å². The zero-order chi connectivity index (χ0) is 13.6. The molecule has 6 heteroatoms. The van der Waals surface area contributed by atoms with Gasteiger partial charge in [-0.1, -0.05) is 13.8 Å². The summed E-state index contributed by atoms with van der Waals surface area (Å²) in [5.41, 5.74) is 0. The minimum atomic E-state index is -4.06. The molecular weight excluding hydrogens is 243 g/mol. The van der Waals surface area contributed by atoms with Gasteiger partial charge in [-0.25, -0.2) is 0 Å². The SMILES string of the molecule is CC(C)C(Cn1cccn1)NCCCC(F)(F)F. The first-order valence-electron chi connectivity index (χ1n) is 6.16. The van der Waals surface area contributed by atoms with Gasteiger partial charge in [0.25, 0.3) is 0 Å². The molecule has 1 rings (SSSR count). The predicted octanol–water partition coefficient (Wildman–Crippen LogP) is 2.84. The zero-order valence-electron chi connectivity index (χ0n) is 10.7. The van der Waals surface area contributed by atoms with Crippen LogP contribution in [0.1, 0.15) is 26.7 Å². The van der Waals surface area contributed by atoms with E-state index in [2.05, 4.69) is 10.4 Å². The van der Waals surface area contributed by atoms with Crippen LogP contribution in [0.15, 0.2) is 18.5 Å². The molecule has 0 bridgehead atoms. The Morgan fingerprint density at radius 3 is 2.56 bits per heavy atom. The van der Waals surface area contributed by atoms with E-state index in [1.165, 1.54) is 0 Å². The van der Waals surface area contributed by atoms with Crippen molar-refractivity contribution < 1.29 is 13.2 Å². The third-order valence-electron chi connectivity index (χ3n) is 2.79. The Balaban J connectivity index is 2.30. The molecule has 0 spiro atoms. The zero-order valence-corrected chi connectivity index (χ0v) is 10.7. The highest BCUT2D eigenvalue weighted by Crippen LogP contribution is 2.20. The third-order valence-corrected chi connectivity index (χ3v) is 2.79. The van der Waals surface area contributed by atoms with E-state index in [1.54, 1.807) is 10.9 Å². The number of rotatable bonds is 7. The molecular formula is C12H20F3N3. The largest absolute Gasteiger partial charge is 0.389 e. The van der Waals surface area contributed by atoms with Gasteiger partial charge >= 0.3 is 6.18 Å². The lowest BCUT2D eigenvalue weighted by Gasteiger charge is -2.22. The van der Waals surface area contributed by atoms with E-state index in [1.807, 2.05) is 26.1 Å². The number of hydrogen-bond donors (Lipinski definition) is 1. The summed E-state index contributed by atoms with van der Waals surface area (Å²) in [6.07, 6.45) is -1.12. The maximum atomic E-state index is 12.0. The quantitative estimate of drug-likeness (QED) is 0.767. The van der Waals surface area contributed by atoms with Gasteiger partial charge in [-0.2, -0.15) is 18.3 Å². The Labute approximate surface area is 105 Å². The molecule has 1 aromatic rings. The van der Waals surface area contributed by atoms with Gasteiger partial charge in [0.1, 0.15) is 0 Å². The van der Waals surface area contributed by atoms with E-state index in [0.717, 1.165) is 0 Å². The van der Waals surface area contributed by atoms with Gasteiger partial charge in [0.15, 0.2) is 0 Å². The molecule has 1 unspecified atom stereocenters. The highest BCUT2D eigenvalue weighted by molar-refractivity contribution is 4.80. The van der Waals surface area contributed by atoms with E-state index in [9.17, 15) is 13.2 Å². The second-order valence-electron chi connectivity index (χ2n) is 4.75. The van der Waals surface area contributed by atoms with E-state index in [0.29, 0.717) is 19.0 Å².